The molecule has 162 valence electrons. The molecular formula is C23H17Cl2FN4O2. The van der Waals surface area contributed by atoms with Gasteiger partial charge >= 0.3 is 0 Å². The number of anilines is 1. The third-order valence-electron chi connectivity index (χ3n) is 4.70. The van der Waals surface area contributed by atoms with Crippen molar-refractivity contribution in [3.63, 3.8) is 0 Å². The second-order valence-electron chi connectivity index (χ2n) is 6.95. The van der Waals surface area contributed by atoms with E-state index in [0.717, 1.165) is 5.56 Å². The molecule has 1 amide bonds. The average molecular weight is 471 g/mol. The first-order valence-corrected chi connectivity index (χ1v) is 10.3. The number of aryl methyl sites for hydroxylation is 1. The highest BCUT2D eigenvalue weighted by Crippen LogP contribution is 2.33. The molecule has 0 spiro atoms. The van der Waals surface area contributed by atoms with E-state index in [1.54, 1.807) is 36.4 Å². The highest BCUT2D eigenvalue weighted by molar-refractivity contribution is 6.36. The van der Waals surface area contributed by atoms with E-state index in [1.807, 2.05) is 13.0 Å². The predicted molar refractivity (Wildman–Crippen MR) is 124 cm³/mol. The van der Waals surface area contributed by atoms with Gasteiger partial charge in [-0.15, -0.1) is 10.2 Å². The molecule has 0 unspecified atom stereocenters. The largest absolute Gasteiger partial charge is 0.495 e. The smallest absolute Gasteiger partial charge is 0.248 e. The lowest BCUT2D eigenvalue weighted by atomic mass is 10.1. The number of nitrogens with zero attached hydrogens (tertiary/aromatic N) is 3. The quantitative estimate of drug-likeness (QED) is 0.372. The van der Waals surface area contributed by atoms with Crippen molar-refractivity contribution < 1.29 is 13.9 Å². The fourth-order valence-electron chi connectivity index (χ4n) is 3.15. The van der Waals surface area contributed by atoms with Crippen molar-refractivity contribution in [2.45, 2.75) is 6.92 Å². The number of rotatable bonds is 5. The standard InChI is InChI=1S/C23H17Cl2FN4O2/c1-13-9-20-21(29-30(28-20)17-6-4-16(26)5-7-17)12-19(13)27-22(31)8-3-14-10-15(24)11-18(25)23(14)32-2/h3-12H,1-2H3,(H,27,31). The van der Waals surface area contributed by atoms with E-state index < -0.39 is 0 Å². The topological polar surface area (TPSA) is 69.0 Å². The maximum atomic E-state index is 13.2. The number of benzene rings is 3. The molecule has 1 N–H and O–H groups in total. The average Bonchev–Trinajstić information content (AvgIpc) is 3.15. The van der Waals surface area contributed by atoms with Gasteiger partial charge in [-0.1, -0.05) is 23.2 Å². The van der Waals surface area contributed by atoms with Crippen molar-refractivity contribution in [3.8, 4) is 11.4 Å². The summed E-state index contributed by atoms with van der Waals surface area (Å²) in [4.78, 5) is 13.9. The Hall–Kier alpha value is -3.42. The van der Waals surface area contributed by atoms with E-state index in [1.165, 1.54) is 30.1 Å². The van der Waals surface area contributed by atoms with Crippen molar-refractivity contribution in [3.05, 3.63) is 81.6 Å². The van der Waals surface area contributed by atoms with Crippen LogP contribution in [0.25, 0.3) is 22.8 Å². The summed E-state index contributed by atoms with van der Waals surface area (Å²) in [6.07, 6.45) is 2.94. The molecule has 0 saturated carbocycles. The van der Waals surface area contributed by atoms with E-state index in [2.05, 4.69) is 15.5 Å². The van der Waals surface area contributed by atoms with Crippen LogP contribution in [0.3, 0.4) is 0 Å². The Labute approximate surface area is 193 Å². The van der Waals surface area contributed by atoms with Gasteiger partial charge in [-0.3, -0.25) is 4.79 Å². The van der Waals surface area contributed by atoms with Gasteiger partial charge in [0, 0.05) is 22.3 Å². The molecule has 0 atom stereocenters. The summed E-state index contributed by atoms with van der Waals surface area (Å²) in [6.45, 7) is 1.86. The summed E-state index contributed by atoms with van der Waals surface area (Å²) in [5, 5.41) is 12.5. The lowest BCUT2D eigenvalue weighted by Crippen LogP contribution is -2.09. The Morgan fingerprint density at radius 2 is 1.78 bits per heavy atom. The molecule has 4 rings (SSSR count). The minimum atomic E-state index is -0.350. The van der Waals surface area contributed by atoms with Gasteiger partial charge in [-0.2, -0.15) is 4.80 Å². The third kappa shape index (κ3) is 4.59. The monoisotopic (exact) mass is 470 g/mol. The van der Waals surface area contributed by atoms with Crippen molar-refractivity contribution in [1.29, 1.82) is 0 Å². The summed E-state index contributed by atoms with van der Waals surface area (Å²) in [5.41, 5.74) is 3.85. The molecule has 4 aromatic rings. The Morgan fingerprint density at radius 3 is 2.47 bits per heavy atom. The highest BCUT2D eigenvalue weighted by atomic mass is 35.5. The molecule has 0 bridgehead atoms. The highest BCUT2D eigenvalue weighted by Gasteiger charge is 2.11. The van der Waals surface area contributed by atoms with Gasteiger partial charge in [0.05, 0.1) is 17.8 Å². The number of carbonyl (C=O) groups is 1. The van der Waals surface area contributed by atoms with Crippen molar-refractivity contribution in [2.75, 3.05) is 12.4 Å². The second kappa shape index (κ2) is 8.98. The molecule has 9 heteroatoms. The normalized spacial score (nSPS) is 11.3. The molecule has 0 aliphatic rings. The first-order chi connectivity index (χ1) is 15.3. The van der Waals surface area contributed by atoms with Crippen molar-refractivity contribution in [2.24, 2.45) is 0 Å². The summed E-state index contributed by atoms with van der Waals surface area (Å²) in [7, 11) is 1.49. The van der Waals surface area contributed by atoms with Crippen LogP contribution in [-0.4, -0.2) is 28.0 Å². The van der Waals surface area contributed by atoms with Crippen LogP contribution in [0.1, 0.15) is 11.1 Å². The first-order valence-electron chi connectivity index (χ1n) is 9.50. The zero-order chi connectivity index (χ0) is 22.8. The van der Waals surface area contributed by atoms with Gasteiger partial charge in [0.2, 0.25) is 5.91 Å². The van der Waals surface area contributed by atoms with Gasteiger partial charge in [0.15, 0.2) is 0 Å². The van der Waals surface area contributed by atoms with Crippen LogP contribution in [0.5, 0.6) is 5.75 Å². The van der Waals surface area contributed by atoms with Crippen LogP contribution in [0.4, 0.5) is 10.1 Å². The molecule has 0 radical (unpaired) electrons. The van der Waals surface area contributed by atoms with Gasteiger partial charge in [-0.05, 0) is 67.1 Å². The summed E-state index contributed by atoms with van der Waals surface area (Å²) >= 11 is 12.2. The lowest BCUT2D eigenvalue weighted by Gasteiger charge is -2.08. The van der Waals surface area contributed by atoms with Crippen LogP contribution < -0.4 is 10.1 Å². The summed E-state index contributed by atoms with van der Waals surface area (Å²) < 4.78 is 18.5. The van der Waals surface area contributed by atoms with Gasteiger partial charge in [0.25, 0.3) is 0 Å². The number of halogens is 3. The van der Waals surface area contributed by atoms with Gasteiger partial charge < -0.3 is 10.1 Å². The van der Waals surface area contributed by atoms with Crippen LogP contribution in [0.15, 0.2) is 54.6 Å². The van der Waals surface area contributed by atoms with Gasteiger partial charge in [-0.25, -0.2) is 4.39 Å². The number of carbonyl (C=O) groups excluding carboxylic acids is 1. The molecule has 0 aliphatic heterocycles. The maximum absolute atomic E-state index is 13.2. The van der Waals surface area contributed by atoms with Crippen molar-refractivity contribution >= 4 is 51.9 Å². The van der Waals surface area contributed by atoms with Gasteiger partial charge in [0.1, 0.15) is 22.6 Å². The third-order valence-corrected chi connectivity index (χ3v) is 5.20. The fraction of sp³-hybridized carbons (Fsp3) is 0.0870. The fourth-order valence-corrected chi connectivity index (χ4v) is 3.74. The lowest BCUT2D eigenvalue weighted by molar-refractivity contribution is -0.111. The number of fused-ring (bicyclic) bond motifs is 1. The molecule has 0 saturated heterocycles. The molecule has 3 aromatic carbocycles. The molecule has 1 heterocycles. The number of hydrogen-bond donors (Lipinski definition) is 1. The zero-order valence-corrected chi connectivity index (χ0v) is 18.6. The number of nitrogens with one attached hydrogen (secondary N) is 1. The van der Waals surface area contributed by atoms with E-state index >= 15 is 0 Å². The van der Waals surface area contributed by atoms with E-state index in [0.29, 0.717) is 43.8 Å². The minimum absolute atomic E-state index is 0.336. The summed E-state index contributed by atoms with van der Waals surface area (Å²) in [5.74, 6) is -0.260. The number of methoxy groups -OCH3 is 1. The predicted octanol–water partition coefficient (Wildman–Crippen LogP) is 5.84. The van der Waals surface area contributed by atoms with Crippen LogP contribution >= 0.6 is 23.2 Å². The Morgan fingerprint density at radius 1 is 1.09 bits per heavy atom. The van der Waals surface area contributed by atoms with Crippen LogP contribution in [-0.2, 0) is 4.79 Å². The van der Waals surface area contributed by atoms with E-state index in [-0.39, 0.29) is 11.7 Å². The Kier molecular flexibility index (Phi) is 6.12. The number of aromatic nitrogens is 3. The van der Waals surface area contributed by atoms with Crippen LogP contribution in [0, 0.1) is 12.7 Å². The van der Waals surface area contributed by atoms with E-state index in [4.69, 9.17) is 27.9 Å². The Balaban J connectivity index is 1.57. The molecule has 1 aromatic heterocycles. The number of ether oxygens (including phenoxy) is 1. The zero-order valence-electron chi connectivity index (χ0n) is 17.1. The second-order valence-corrected chi connectivity index (χ2v) is 7.80. The van der Waals surface area contributed by atoms with Crippen molar-refractivity contribution in [1.82, 2.24) is 15.0 Å². The number of amides is 1. The number of hydrogen-bond acceptors (Lipinski definition) is 4. The van der Waals surface area contributed by atoms with Crippen LogP contribution in [0.2, 0.25) is 10.0 Å². The van der Waals surface area contributed by atoms with E-state index in [9.17, 15) is 9.18 Å². The molecule has 32 heavy (non-hydrogen) atoms. The maximum Gasteiger partial charge on any atom is 0.248 e. The molecule has 6 nitrogen and oxygen atoms in total. The minimum Gasteiger partial charge on any atom is -0.495 e. The first kappa shape index (κ1) is 21.8. The summed E-state index contributed by atoms with van der Waals surface area (Å²) in [6, 6.07) is 12.6. The molecule has 0 fully saturated rings. The Bertz CT molecular complexity index is 1350. The SMILES string of the molecule is COc1c(Cl)cc(Cl)cc1C=CC(=O)Nc1cc2nn(-c3ccc(F)cc3)nc2cc1C. The molecule has 0 aliphatic carbocycles. The molecular weight excluding hydrogens is 454 g/mol.